The fraction of sp³-hybridized carbons (Fsp3) is 0.207. The van der Waals surface area contributed by atoms with Crippen molar-refractivity contribution < 1.29 is 19.1 Å². The van der Waals surface area contributed by atoms with Crippen LogP contribution >= 0.6 is 0 Å². The lowest BCUT2D eigenvalue weighted by atomic mass is 10.1. The Hall–Kier alpha value is -4.79. The van der Waals surface area contributed by atoms with Crippen molar-refractivity contribution >= 4 is 34.0 Å². The Morgan fingerprint density at radius 2 is 1.50 bits per heavy atom. The number of nitrogens with zero attached hydrogens (tertiary/aromatic N) is 2. The number of hydrogen-bond acceptors (Lipinski definition) is 6. The molecule has 38 heavy (non-hydrogen) atoms. The molecule has 0 aliphatic carbocycles. The zero-order valence-electron chi connectivity index (χ0n) is 21.8. The van der Waals surface area contributed by atoms with Crippen LogP contribution in [0.1, 0.15) is 34.6 Å². The number of anilines is 2. The molecule has 3 aromatic carbocycles. The number of ether oxygens (including phenoxy) is 2. The summed E-state index contributed by atoms with van der Waals surface area (Å²) in [5, 5.41) is 3.59. The quantitative estimate of drug-likeness (QED) is 0.341. The molecule has 0 bridgehead atoms. The fourth-order valence-electron chi connectivity index (χ4n) is 4.25. The molecular formula is C29H30N4O5. The van der Waals surface area contributed by atoms with E-state index in [2.05, 4.69) is 29.5 Å². The van der Waals surface area contributed by atoms with Crippen LogP contribution in [-0.4, -0.2) is 43.8 Å². The van der Waals surface area contributed by atoms with E-state index < -0.39 is 17.4 Å². The summed E-state index contributed by atoms with van der Waals surface area (Å²) in [5.41, 5.74) is 4.26. The molecule has 0 fully saturated rings. The van der Waals surface area contributed by atoms with Crippen LogP contribution < -0.4 is 30.7 Å². The van der Waals surface area contributed by atoms with Gasteiger partial charge in [-0.15, -0.1) is 0 Å². The Morgan fingerprint density at radius 1 is 0.842 bits per heavy atom. The summed E-state index contributed by atoms with van der Waals surface area (Å²) in [6.07, 6.45) is 1.34. The van der Waals surface area contributed by atoms with Crippen molar-refractivity contribution in [2.75, 3.05) is 43.0 Å². The first kappa shape index (κ1) is 26.3. The van der Waals surface area contributed by atoms with E-state index in [0.29, 0.717) is 33.5 Å². The molecule has 4 aromatic rings. The highest BCUT2D eigenvalue weighted by Crippen LogP contribution is 2.30. The van der Waals surface area contributed by atoms with Gasteiger partial charge in [0.05, 0.1) is 19.8 Å². The Kier molecular flexibility index (Phi) is 7.96. The molecule has 2 amide bonds. The lowest BCUT2D eigenvalue weighted by molar-refractivity contribution is 0.0999. The summed E-state index contributed by atoms with van der Waals surface area (Å²) in [5.74, 6) is 0.0523. The predicted octanol–water partition coefficient (Wildman–Crippen LogP) is 4.50. The van der Waals surface area contributed by atoms with Crippen molar-refractivity contribution in [3.8, 4) is 11.5 Å². The highest BCUT2D eigenvalue weighted by atomic mass is 16.5. The molecule has 0 saturated heterocycles. The van der Waals surface area contributed by atoms with E-state index >= 15 is 0 Å². The van der Waals surface area contributed by atoms with E-state index in [1.165, 1.54) is 20.4 Å². The second-order valence-electron chi connectivity index (χ2n) is 8.45. The van der Waals surface area contributed by atoms with Crippen molar-refractivity contribution in [2.24, 2.45) is 0 Å². The summed E-state index contributed by atoms with van der Waals surface area (Å²) >= 11 is 0. The van der Waals surface area contributed by atoms with E-state index in [1.54, 1.807) is 54.6 Å². The molecule has 2 N–H and O–H groups in total. The molecule has 0 aliphatic rings. The molecule has 1 heterocycles. The van der Waals surface area contributed by atoms with Crippen LogP contribution in [0.2, 0.25) is 0 Å². The van der Waals surface area contributed by atoms with Crippen molar-refractivity contribution in [3.63, 3.8) is 0 Å². The van der Waals surface area contributed by atoms with Crippen molar-refractivity contribution in [1.29, 1.82) is 0 Å². The number of methoxy groups -OCH3 is 2. The van der Waals surface area contributed by atoms with Crippen LogP contribution in [0.15, 0.2) is 77.7 Å². The first-order valence-corrected chi connectivity index (χ1v) is 12.2. The van der Waals surface area contributed by atoms with Crippen LogP contribution in [0.25, 0.3) is 10.8 Å². The minimum atomic E-state index is -0.472. The maximum Gasteiger partial charge on any atom is 0.277 e. The van der Waals surface area contributed by atoms with Gasteiger partial charge in [-0.2, -0.15) is 0 Å². The van der Waals surface area contributed by atoms with Gasteiger partial charge in [0.1, 0.15) is 0 Å². The topological polar surface area (TPSA) is 102 Å². The highest BCUT2D eigenvalue weighted by molar-refractivity contribution is 6.13. The zero-order valence-corrected chi connectivity index (χ0v) is 21.8. The normalized spacial score (nSPS) is 10.6. The molecular weight excluding hydrogens is 484 g/mol. The molecule has 9 heteroatoms. The fourth-order valence-corrected chi connectivity index (χ4v) is 4.25. The number of pyridine rings is 1. The average Bonchev–Trinajstić information content (AvgIpc) is 2.95. The van der Waals surface area contributed by atoms with E-state index in [1.807, 2.05) is 12.1 Å². The van der Waals surface area contributed by atoms with Crippen LogP contribution in [0.5, 0.6) is 11.5 Å². The molecule has 196 valence electrons. The lowest BCUT2D eigenvalue weighted by Crippen LogP contribution is -2.34. The van der Waals surface area contributed by atoms with Gasteiger partial charge in [0.25, 0.3) is 17.4 Å². The smallest absolute Gasteiger partial charge is 0.277 e. The number of fused-ring (bicyclic) bond motifs is 1. The Labute approximate surface area is 220 Å². The standard InChI is InChI=1S/C29H30N4O5/c1-5-32(6-2)21-14-11-19(12-15-21)27(34)31-33-18-24(22-9-7-8-10-23(22)29(33)36)28(35)30-20-13-16-25(37-3)26(17-20)38-4/h7-18H,5-6H2,1-4H3,(H,30,35)(H,31,34). The summed E-state index contributed by atoms with van der Waals surface area (Å²) < 4.78 is 11.6. The first-order chi connectivity index (χ1) is 18.4. The van der Waals surface area contributed by atoms with Crippen LogP contribution in [0.3, 0.4) is 0 Å². The molecule has 4 rings (SSSR count). The number of nitrogens with one attached hydrogen (secondary N) is 2. The van der Waals surface area contributed by atoms with Gasteiger partial charge in [0, 0.05) is 53.1 Å². The first-order valence-electron chi connectivity index (χ1n) is 12.2. The maximum absolute atomic E-state index is 13.3. The number of rotatable bonds is 9. The minimum absolute atomic E-state index is 0.215. The van der Waals surface area contributed by atoms with Crippen molar-refractivity contribution in [1.82, 2.24) is 4.68 Å². The molecule has 0 spiro atoms. The van der Waals surface area contributed by atoms with Gasteiger partial charge in [-0.3, -0.25) is 19.8 Å². The Morgan fingerprint density at radius 3 is 2.13 bits per heavy atom. The molecule has 1 aromatic heterocycles. The number of aromatic nitrogens is 1. The number of carbonyl (C=O) groups is 2. The predicted molar refractivity (Wildman–Crippen MR) is 149 cm³/mol. The van der Waals surface area contributed by atoms with Gasteiger partial charge in [-0.1, -0.05) is 18.2 Å². The van der Waals surface area contributed by atoms with E-state index in [9.17, 15) is 14.4 Å². The largest absolute Gasteiger partial charge is 0.493 e. The molecule has 0 aliphatic heterocycles. The Bertz CT molecular complexity index is 1520. The maximum atomic E-state index is 13.3. The summed E-state index contributed by atoms with van der Waals surface area (Å²) in [6.45, 7) is 5.83. The summed E-state index contributed by atoms with van der Waals surface area (Å²) in [6, 6.07) is 18.9. The van der Waals surface area contributed by atoms with Gasteiger partial charge in [0.2, 0.25) is 0 Å². The van der Waals surface area contributed by atoms with Gasteiger partial charge in [0.15, 0.2) is 11.5 Å². The van der Waals surface area contributed by atoms with Gasteiger partial charge < -0.3 is 19.7 Å². The summed E-state index contributed by atoms with van der Waals surface area (Å²) in [4.78, 5) is 41.7. The van der Waals surface area contributed by atoms with Gasteiger partial charge in [-0.05, 0) is 56.3 Å². The number of benzene rings is 3. The third-order valence-electron chi connectivity index (χ3n) is 6.29. The zero-order chi connectivity index (χ0) is 27.2. The van der Waals surface area contributed by atoms with Crippen molar-refractivity contribution in [2.45, 2.75) is 13.8 Å². The Balaban J connectivity index is 1.66. The van der Waals surface area contributed by atoms with Gasteiger partial charge in [-0.25, -0.2) is 4.68 Å². The van der Waals surface area contributed by atoms with E-state index in [-0.39, 0.29) is 5.56 Å². The molecule has 9 nitrogen and oxygen atoms in total. The molecule has 0 atom stereocenters. The number of carbonyl (C=O) groups excluding carboxylic acids is 2. The minimum Gasteiger partial charge on any atom is -0.493 e. The molecule has 0 unspecified atom stereocenters. The number of amides is 2. The lowest BCUT2D eigenvalue weighted by Gasteiger charge is -2.21. The van der Waals surface area contributed by atoms with Crippen LogP contribution in [-0.2, 0) is 0 Å². The van der Waals surface area contributed by atoms with Crippen LogP contribution in [0, 0.1) is 0 Å². The average molecular weight is 515 g/mol. The third-order valence-corrected chi connectivity index (χ3v) is 6.29. The molecule has 0 saturated carbocycles. The number of hydrogen-bond donors (Lipinski definition) is 2. The monoisotopic (exact) mass is 514 g/mol. The van der Waals surface area contributed by atoms with E-state index in [0.717, 1.165) is 23.5 Å². The van der Waals surface area contributed by atoms with Crippen molar-refractivity contribution in [3.05, 3.63) is 94.4 Å². The van der Waals surface area contributed by atoms with Crippen LogP contribution in [0.4, 0.5) is 11.4 Å². The third kappa shape index (κ3) is 5.31. The van der Waals surface area contributed by atoms with E-state index in [4.69, 9.17) is 9.47 Å². The second kappa shape index (κ2) is 11.5. The second-order valence-corrected chi connectivity index (χ2v) is 8.45. The van der Waals surface area contributed by atoms with Gasteiger partial charge >= 0.3 is 0 Å². The highest BCUT2D eigenvalue weighted by Gasteiger charge is 2.17. The SMILES string of the molecule is CCN(CC)c1ccc(C(=O)Nn2cc(C(=O)Nc3ccc(OC)c(OC)c3)c3ccccc3c2=O)cc1. The summed E-state index contributed by atoms with van der Waals surface area (Å²) in [7, 11) is 3.03. The molecule has 0 radical (unpaired) electrons.